The van der Waals surface area contributed by atoms with E-state index in [4.69, 9.17) is 0 Å². The standard InChI is InChI=1S/C23H15F/c1-18-7-15-22(23(24)17-18)16-14-21-12-10-20(11-13-21)9-8-19-5-3-2-4-6-19/h2-7,10-13,15,17H,1H3. The van der Waals surface area contributed by atoms with Crippen molar-refractivity contribution in [3.63, 3.8) is 0 Å². The van der Waals surface area contributed by atoms with E-state index < -0.39 is 0 Å². The molecule has 0 saturated carbocycles. The highest BCUT2D eigenvalue weighted by Crippen LogP contribution is 2.09. The van der Waals surface area contributed by atoms with Gasteiger partial charge in [0.15, 0.2) is 0 Å². The van der Waals surface area contributed by atoms with Crippen LogP contribution in [0.15, 0.2) is 72.8 Å². The summed E-state index contributed by atoms with van der Waals surface area (Å²) in [6, 6.07) is 22.5. The van der Waals surface area contributed by atoms with E-state index in [-0.39, 0.29) is 5.82 Å². The van der Waals surface area contributed by atoms with Gasteiger partial charge < -0.3 is 0 Å². The Bertz CT molecular complexity index is 960. The molecule has 0 atom stereocenters. The Morgan fingerprint density at radius 1 is 0.625 bits per heavy atom. The molecule has 3 aromatic carbocycles. The molecule has 0 aliphatic carbocycles. The monoisotopic (exact) mass is 310 g/mol. The first-order chi connectivity index (χ1) is 11.7. The summed E-state index contributed by atoms with van der Waals surface area (Å²) in [4.78, 5) is 0. The van der Waals surface area contributed by atoms with Gasteiger partial charge in [-0.1, -0.05) is 47.9 Å². The Hall–Kier alpha value is -3.29. The van der Waals surface area contributed by atoms with Crippen LogP contribution in [0.2, 0.25) is 0 Å². The van der Waals surface area contributed by atoms with Gasteiger partial charge in [-0.3, -0.25) is 0 Å². The van der Waals surface area contributed by atoms with Crippen molar-refractivity contribution in [2.24, 2.45) is 0 Å². The Kier molecular flexibility index (Phi) is 4.76. The first-order valence-corrected chi connectivity index (χ1v) is 7.66. The van der Waals surface area contributed by atoms with Crippen molar-refractivity contribution in [1.82, 2.24) is 0 Å². The van der Waals surface area contributed by atoms with Crippen LogP contribution in [0.3, 0.4) is 0 Å². The predicted molar refractivity (Wildman–Crippen MR) is 96.0 cm³/mol. The second-order valence-corrected chi connectivity index (χ2v) is 5.43. The summed E-state index contributed by atoms with van der Waals surface area (Å²) < 4.78 is 13.8. The molecule has 0 spiro atoms. The molecule has 24 heavy (non-hydrogen) atoms. The quantitative estimate of drug-likeness (QED) is 0.516. The lowest BCUT2D eigenvalue weighted by Crippen LogP contribution is -1.85. The SMILES string of the molecule is Cc1ccc(C#Cc2ccc(C#Cc3ccccc3)cc2)c(F)c1. The average Bonchev–Trinajstić information content (AvgIpc) is 2.61. The van der Waals surface area contributed by atoms with E-state index >= 15 is 0 Å². The molecule has 0 amide bonds. The van der Waals surface area contributed by atoms with Gasteiger partial charge in [0.05, 0.1) is 5.56 Å². The third kappa shape index (κ3) is 4.13. The first-order valence-electron chi connectivity index (χ1n) is 7.66. The fourth-order valence-corrected chi connectivity index (χ4v) is 2.16. The van der Waals surface area contributed by atoms with Crippen LogP contribution in [0, 0.1) is 36.4 Å². The smallest absolute Gasteiger partial charge is 0.139 e. The largest absolute Gasteiger partial charge is 0.206 e. The van der Waals surface area contributed by atoms with E-state index in [1.807, 2.05) is 67.6 Å². The molecule has 3 aromatic rings. The summed E-state index contributed by atoms with van der Waals surface area (Å²) in [5.41, 5.74) is 4.04. The summed E-state index contributed by atoms with van der Waals surface area (Å²) in [6.45, 7) is 1.86. The van der Waals surface area contributed by atoms with Gasteiger partial charge in [0, 0.05) is 16.7 Å². The van der Waals surface area contributed by atoms with Crippen LogP contribution >= 0.6 is 0 Å². The Balaban J connectivity index is 1.76. The highest BCUT2D eigenvalue weighted by molar-refractivity contribution is 5.48. The van der Waals surface area contributed by atoms with Crippen LogP contribution in [0.25, 0.3) is 0 Å². The van der Waals surface area contributed by atoms with Crippen molar-refractivity contribution in [2.45, 2.75) is 6.92 Å². The second kappa shape index (κ2) is 7.32. The maximum atomic E-state index is 13.8. The number of benzene rings is 3. The second-order valence-electron chi connectivity index (χ2n) is 5.43. The molecule has 0 unspecified atom stereocenters. The van der Waals surface area contributed by atoms with E-state index in [0.29, 0.717) is 5.56 Å². The third-order valence-electron chi connectivity index (χ3n) is 3.48. The molecule has 0 N–H and O–H groups in total. The summed E-state index contributed by atoms with van der Waals surface area (Å²) in [6.07, 6.45) is 0. The lowest BCUT2D eigenvalue weighted by molar-refractivity contribution is 0.623. The molecule has 1 heteroatoms. The number of hydrogen-bond acceptors (Lipinski definition) is 0. The molecule has 0 fully saturated rings. The zero-order valence-corrected chi connectivity index (χ0v) is 13.3. The molecule has 0 bridgehead atoms. The zero-order chi connectivity index (χ0) is 16.8. The van der Waals surface area contributed by atoms with Gasteiger partial charge in [-0.2, -0.15) is 0 Å². The average molecular weight is 310 g/mol. The number of rotatable bonds is 0. The minimum absolute atomic E-state index is 0.284. The molecule has 0 heterocycles. The van der Waals surface area contributed by atoms with Crippen molar-refractivity contribution in [1.29, 1.82) is 0 Å². The summed E-state index contributed by atoms with van der Waals surface area (Å²) in [7, 11) is 0. The van der Waals surface area contributed by atoms with Crippen molar-refractivity contribution < 1.29 is 4.39 Å². The van der Waals surface area contributed by atoms with Crippen LogP contribution in [0.1, 0.15) is 27.8 Å². The fourth-order valence-electron chi connectivity index (χ4n) is 2.16. The molecule has 0 aliphatic rings. The van der Waals surface area contributed by atoms with Crippen LogP contribution in [0.5, 0.6) is 0 Å². The number of aryl methyl sites for hydroxylation is 1. The molecular weight excluding hydrogens is 295 g/mol. The topological polar surface area (TPSA) is 0 Å². The van der Waals surface area contributed by atoms with Crippen molar-refractivity contribution in [2.75, 3.05) is 0 Å². The molecule has 0 nitrogen and oxygen atoms in total. The molecule has 0 aliphatic heterocycles. The van der Waals surface area contributed by atoms with Crippen molar-refractivity contribution in [3.8, 4) is 23.7 Å². The lowest BCUT2D eigenvalue weighted by Gasteiger charge is -1.96. The molecular formula is C23H15F. The number of halogens is 1. The predicted octanol–water partition coefficient (Wildman–Crippen LogP) is 4.93. The summed E-state index contributed by atoms with van der Waals surface area (Å²) in [5.74, 6) is 11.8. The Labute approximate surface area is 142 Å². The highest BCUT2D eigenvalue weighted by Gasteiger charge is 1.98. The van der Waals surface area contributed by atoms with Crippen LogP contribution < -0.4 is 0 Å². The minimum atomic E-state index is -0.284. The first kappa shape index (κ1) is 15.6. The van der Waals surface area contributed by atoms with Gasteiger partial charge in [0.2, 0.25) is 0 Å². The highest BCUT2D eigenvalue weighted by atomic mass is 19.1. The zero-order valence-electron chi connectivity index (χ0n) is 13.3. The third-order valence-corrected chi connectivity index (χ3v) is 3.48. The van der Waals surface area contributed by atoms with Gasteiger partial charge in [-0.25, -0.2) is 4.39 Å². The van der Waals surface area contributed by atoms with E-state index in [1.54, 1.807) is 6.07 Å². The molecule has 114 valence electrons. The lowest BCUT2D eigenvalue weighted by atomic mass is 10.1. The van der Waals surface area contributed by atoms with Crippen LogP contribution in [-0.4, -0.2) is 0 Å². The van der Waals surface area contributed by atoms with E-state index in [1.165, 1.54) is 6.07 Å². The molecule has 0 radical (unpaired) electrons. The number of hydrogen-bond donors (Lipinski definition) is 0. The summed E-state index contributed by atoms with van der Waals surface area (Å²) in [5, 5.41) is 0. The Morgan fingerprint density at radius 3 is 1.75 bits per heavy atom. The van der Waals surface area contributed by atoms with Gasteiger partial charge in [-0.05, 0) is 61.0 Å². The van der Waals surface area contributed by atoms with Gasteiger partial charge in [0.1, 0.15) is 5.82 Å². The normalized spacial score (nSPS) is 9.42. The molecule has 3 rings (SSSR count). The van der Waals surface area contributed by atoms with E-state index in [2.05, 4.69) is 23.7 Å². The van der Waals surface area contributed by atoms with Crippen molar-refractivity contribution in [3.05, 3.63) is 106 Å². The van der Waals surface area contributed by atoms with Gasteiger partial charge in [0.25, 0.3) is 0 Å². The van der Waals surface area contributed by atoms with Crippen LogP contribution in [0.4, 0.5) is 4.39 Å². The maximum Gasteiger partial charge on any atom is 0.139 e. The fraction of sp³-hybridized carbons (Fsp3) is 0.0435. The Morgan fingerprint density at radius 2 is 1.17 bits per heavy atom. The van der Waals surface area contributed by atoms with Gasteiger partial charge in [-0.15, -0.1) is 0 Å². The molecule has 0 aromatic heterocycles. The van der Waals surface area contributed by atoms with E-state index in [0.717, 1.165) is 22.3 Å². The van der Waals surface area contributed by atoms with Crippen LogP contribution in [-0.2, 0) is 0 Å². The molecule has 0 saturated heterocycles. The van der Waals surface area contributed by atoms with E-state index in [9.17, 15) is 4.39 Å². The van der Waals surface area contributed by atoms with Crippen molar-refractivity contribution >= 4 is 0 Å². The maximum absolute atomic E-state index is 13.8. The summed E-state index contributed by atoms with van der Waals surface area (Å²) >= 11 is 0. The van der Waals surface area contributed by atoms with Gasteiger partial charge >= 0.3 is 0 Å². The minimum Gasteiger partial charge on any atom is -0.206 e.